The van der Waals surface area contributed by atoms with E-state index in [9.17, 15) is 9.59 Å². The van der Waals surface area contributed by atoms with Crippen LogP contribution in [0.1, 0.15) is 6.42 Å². The minimum absolute atomic E-state index is 0.0805. The third-order valence-corrected chi connectivity index (χ3v) is 3.13. The van der Waals surface area contributed by atoms with E-state index in [4.69, 9.17) is 0 Å². The van der Waals surface area contributed by atoms with Gasteiger partial charge in [-0.3, -0.25) is 9.59 Å². The van der Waals surface area contributed by atoms with Gasteiger partial charge in [0.1, 0.15) is 5.92 Å². The van der Waals surface area contributed by atoms with Crippen molar-refractivity contribution in [2.75, 3.05) is 0 Å². The van der Waals surface area contributed by atoms with E-state index < -0.39 is 5.92 Å². The molecule has 0 N–H and O–H groups in total. The third-order valence-electron chi connectivity index (χ3n) is 3.13. The summed E-state index contributed by atoms with van der Waals surface area (Å²) >= 11 is 0. The van der Waals surface area contributed by atoms with Crippen LogP contribution in [0.3, 0.4) is 0 Å². The summed E-state index contributed by atoms with van der Waals surface area (Å²) in [4.78, 5) is 23.6. The van der Waals surface area contributed by atoms with Crippen molar-refractivity contribution in [3.63, 3.8) is 0 Å². The number of ketones is 2. The lowest BCUT2D eigenvalue weighted by molar-refractivity contribution is -0.126. The average molecular weight is 210 g/mol. The zero-order valence-corrected chi connectivity index (χ0v) is 8.64. The summed E-state index contributed by atoms with van der Waals surface area (Å²) in [6.07, 6.45) is 13.4. The van der Waals surface area contributed by atoms with E-state index in [1.807, 2.05) is 24.3 Å². The molecule has 0 radical (unpaired) electrons. The van der Waals surface area contributed by atoms with Gasteiger partial charge >= 0.3 is 0 Å². The molecule has 0 amide bonds. The predicted molar refractivity (Wildman–Crippen MR) is 60.7 cm³/mol. The first-order valence-corrected chi connectivity index (χ1v) is 5.31. The molecule has 1 unspecified atom stereocenters. The van der Waals surface area contributed by atoms with E-state index in [0.717, 1.165) is 23.1 Å². The van der Waals surface area contributed by atoms with Crippen molar-refractivity contribution in [3.05, 3.63) is 59.3 Å². The highest BCUT2D eigenvalue weighted by molar-refractivity contribution is 6.17. The highest BCUT2D eigenvalue weighted by atomic mass is 16.1. The smallest absolute Gasteiger partial charge is 0.171 e. The van der Waals surface area contributed by atoms with Crippen molar-refractivity contribution in [2.24, 2.45) is 5.92 Å². The quantitative estimate of drug-likeness (QED) is 0.573. The van der Waals surface area contributed by atoms with Gasteiger partial charge in [-0.1, -0.05) is 30.4 Å². The molecule has 0 saturated heterocycles. The Morgan fingerprint density at radius 2 is 1.94 bits per heavy atom. The first kappa shape index (κ1) is 9.28. The van der Waals surface area contributed by atoms with Crippen molar-refractivity contribution in [2.45, 2.75) is 6.42 Å². The zero-order chi connectivity index (χ0) is 11.1. The molecule has 3 aliphatic rings. The molecular weight excluding hydrogens is 200 g/mol. The summed E-state index contributed by atoms with van der Waals surface area (Å²) in [5.74, 6) is -0.775. The molecule has 0 heterocycles. The Bertz CT molecular complexity index is 539. The molecule has 2 heteroatoms. The lowest BCUT2D eigenvalue weighted by Gasteiger charge is -2.27. The number of carbonyl (C=O) groups excluding carboxylic acids is 2. The molecule has 0 aromatic rings. The van der Waals surface area contributed by atoms with Gasteiger partial charge in [0.05, 0.1) is 0 Å². The van der Waals surface area contributed by atoms with Crippen LogP contribution in [-0.4, -0.2) is 11.6 Å². The highest BCUT2D eigenvalue weighted by Gasteiger charge is 2.35. The predicted octanol–water partition coefficient (Wildman–Crippen LogP) is 2.06. The summed E-state index contributed by atoms with van der Waals surface area (Å²) in [5.41, 5.74) is 2.93. The Balaban J connectivity index is 2.21. The second-order valence-corrected chi connectivity index (χ2v) is 4.10. The van der Waals surface area contributed by atoms with Gasteiger partial charge < -0.3 is 0 Å². The highest BCUT2D eigenvalue weighted by Crippen LogP contribution is 2.37. The van der Waals surface area contributed by atoms with Crippen LogP contribution in [-0.2, 0) is 9.59 Å². The van der Waals surface area contributed by atoms with Crippen molar-refractivity contribution in [1.82, 2.24) is 0 Å². The maximum atomic E-state index is 11.9. The van der Waals surface area contributed by atoms with Crippen molar-refractivity contribution in [1.29, 1.82) is 0 Å². The monoisotopic (exact) mass is 210 g/mol. The lowest BCUT2D eigenvalue weighted by Crippen LogP contribution is -2.30. The van der Waals surface area contributed by atoms with Gasteiger partial charge in [-0.25, -0.2) is 0 Å². The van der Waals surface area contributed by atoms with Crippen LogP contribution < -0.4 is 0 Å². The first-order valence-electron chi connectivity index (χ1n) is 5.31. The van der Waals surface area contributed by atoms with E-state index in [2.05, 4.69) is 0 Å². The molecule has 0 saturated carbocycles. The van der Waals surface area contributed by atoms with Gasteiger partial charge in [-0.2, -0.15) is 0 Å². The topological polar surface area (TPSA) is 34.1 Å². The van der Waals surface area contributed by atoms with E-state index in [-0.39, 0.29) is 11.6 Å². The summed E-state index contributed by atoms with van der Waals surface area (Å²) in [6, 6.07) is 0. The summed E-state index contributed by atoms with van der Waals surface area (Å²) in [6.45, 7) is 0. The number of hydrogen-bond acceptors (Lipinski definition) is 2. The molecule has 3 rings (SSSR count). The SMILES string of the molecule is O=C1C=CC=C2C3=CC=CCC3=CC(=O)C12. The molecule has 0 fully saturated rings. The van der Waals surface area contributed by atoms with Crippen molar-refractivity contribution < 1.29 is 9.59 Å². The minimum Gasteiger partial charge on any atom is -0.294 e. The van der Waals surface area contributed by atoms with Gasteiger partial charge in [-0.05, 0) is 35.3 Å². The van der Waals surface area contributed by atoms with E-state index in [0.29, 0.717) is 0 Å². The number of carbonyl (C=O) groups is 2. The van der Waals surface area contributed by atoms with Crippen LogP contribution >= 0.6 is 0 Å². The second kappa shape index (κ2) is 3.27. The largest absolute Gasteiger partial charge is 0.294 e. The fourth-order valence-electron chi connectivity index (χ4n) is 2.38. The van der Waals surface area contributed by atoms with E-state index in [1.54, 1.807) is 12.2 Å². The van der Waals surface area contributed by atoms with Crippen LogP contribution in [0.4, 0.5) is 0 Å². The molecule has 0 bridgehead atoms. The molecule has 0 aromatic heterocycles. The third kappa shape index (κ3) is 1.20. The minimum atomic E-state index is -0.591. The Morgan fingerprint density at radius 3 is 2.81 bits per heavy atom. The molecule has 1 atom stereocenters. The molecule has 16 heavy (non-hydrogen) atoms. The molecule has 0 aliphatic heterocycles. The molecule has 78 valence electrons. The number of allylic oxidation sites excluding steroid dienone is 10. The van der Waals surface area contributed by atoms with Gasteiger partial charge in [-0.15, -0.1) is 0 Å². The van der Waals surface area contributed by atoms with Crippen LogP contribution in [0, 0.1) is 5.92 Å². The van der Waals surface area contributed by atoms with Crippen LogP contribution in [0.5, 0.6) is 0 Å². The van der Waals surface area contributed by atoms with Crippen LogP contribution in [0.25, 0.3) is 0 Å². The summed E-state index contributed by atoms with van der Waals surface area (Å²) in [7, 11) is 0. The van der Waals surface area contributed by atoms with Crippen LogP contribution in [0.15, 0.2) is 59.3 Å². The molecular formula is C14H10O2. The van der Waals surface area contributed by atoms with Crippen LogP contribution in [0.2, 0.25) is 0 Å². The number of rotatable bonds is 0. The second-order valence-electron chi connectivity index (χ2n) is 4.10. The molecule has 0 spiro atoms. The number of hydrogen-bond donors (Lipinski definition) is 0. The van der Waals surface area contributed by atoms with E-state index >= 15 is 0 Å². The average Bonchev–Trinajstić information content (AvgIpc) is 2.29. The Labute approximate surface area is 93.3 Å². The Kier molecular flexibility index (Phi) is 1.90. The zero-order valence-electron chi connectivity index (χ0n) is 8.64. The maximum absolute atomic E-state index is 11.9. The van der Waals surface area contributed by atoms with Gasteiger partial charge in [0.2, 0.25) is 0 Å². The van der Waals surface area contributed by atoms with Crippen molar-refractivity contribution >= 4 is 11.6 Å². The van der Waals surface area contributed by atoms with Crippen molar-refractivity contribution in [3.8, 4) is 0 Å². The molecule has 2 nitrogen and oxygen atoms in total. The lowest BCUT2D eigenvalue weighted by atomic mass is 9.74. The normalized spacial score (nSPS) is 26.8. The molecule has 0 aromatic carbocycles. The first-order chi connectivity index (χ1) is 7.77. The summed E-state index contributed by atoms with van der Waals surface area (Å²) in [5, 5.41) is 0. The van der Waals surface area contributed by atoms with E-state index in [1.165, 1.54) is 6.08 Å². The number of fused-ring (bicyclic) bond motifs is 3. The fraction of sp³-hybridized carbons (Fsp3) is 0.143. The Hall–Kier alpha value is -1.96. The van der Waals surface area contributed by atoms with Gasteiger partial charge in [0.25, 0.3) is 0 Å². The molecule has 3 aliphatic carbocycles. The van der Waals surface area contributed by atoms with Gasteiger partial charge in [0.15, 0.2) is 11.6 Å². The fourth-order valence-corrected chi connectivity index (χ4v) is 2.38. The van der Waals surface area contributed by atoms with Gasteiger partial charge in [0, 0.05) is 0 Å². The maximum Gasteiger partial charge on any atom is 0.171 e. The standard InChI is InChI=1S/C14H10O2/c15-12-7-3-6-11-10-5-2-1-4-9(10)8-13(16)14(11)12/h1-3,5-8,14H,4H2. The summed E-state index contributed by atoms with van der Waals surface area (Å²) < 4.78 is 0. The Morgan fingerprint density at radius 1 is 1.06 bits per heavy atom.